The van der Waals surface area contributed by atoms with E-state index >= 15 is 0 Å². The summed E-state index contributed by atoms with van der Waals surface area (Å²) in [5, 5.41) is 0. The van der Waals surface area contributed by atoms with Gasteiger partial charge in [-0.1, -0.05) is 58.3 Å². The van der Waals surface area contributed by atoms with E-state index in [4.69, 9.17) is 4.74 Å². The van der Waals surface area contributed by atoms with Crippen LogP contribution in [0.25, 0.3) is 0 Å². The number of ether oxygens (including phenoxy) is 1. The van der Waals surface area contributed by atoms with E-state index in [0.717, 1.165) is 25.9 Å². The van der Waals surface area contributed by atoms with Crippen LogP contribution in [0.4, 0.5) is 0 Å². The molecule has 3 nitrogen and oxygen atoms in total. The summed E-state index contributed by atoms with van der Waals surface area (Å²) in [4.78, 5) is 14.5. The van der Waals surface area contributed by atoms with Crippen molar-refractivity contribution >= 4 is 5.97 Å². The molecule has 0 amide bonds. The first kappa shape index (κ1) is 18.5. The zero-order valence-corrected chi connectivity index (χ0v) is 14.2. The smallest absolute Gasteiger partial charge is 0.323 e. The van der Waals surface area contributed by atoms with Crippen molar-refractivity contribution in [2.24, 2.45) is 0 Å². The molecule has 0 aliphatic carbocycles. The van der Waals surface area contributed by atoms with Crippen LogP contribution in [-0.4, -0.2) is 36.6 Å². The Balaban J connectivity index is 2.26. The van der Waals surface area contributed by atoms with Gasteiger partial charge < -0.3 is 4.74 Å². The minimum absolute atomic E-state index is 0.00498. The lowest BCUT2D eigenvalue weighted by Crippen LogP contribution is -2.44. The van der Waals surface area contributed by atoms with Gasteiger partial charge >= 0.3 is 5.97 Å². The molecule has 3 heteroatoms. The molecule has 1 aliphatic heterocycles. The summed E-state index contributed by atoms with van der Waals surface area (Å²) in [6, 6.07) is 0.0147. The molecule has 1 fully saturated rings. The molecule has 0 saturated carbocycles. The lowest BCUT2D eigenvalue weighted by Gasteiger charge is -2.33. The molecule has 21 heavy (non-hydrogen) atoms. The van der Waals surface area contributed by atoms with Gasteiger partial charge in [-0.15, -0.1) is 0 Å². The van der Waals surface area contributed by atoms with E-state index in [1.807, 2.05) is 6.92 Å². The average molecular weight is 297 g/mol. The molecule has 0 aromatic heterocycles. The van der Waals surface area contributed by atoms with E-state index in [1.54, 1.807) is 0 Å². The summed E-state index contributed by atoms with van der Waals surface area (Å²) >= 11 is 0. The Morgan fingerprint density at radius 3 is 2.19 bits per heavy atom. The van der Waals surface area contributed by atoms with E-state index in [-0.39, 0.29) is 12.0 Å². The van der Waals surface area contributed by atoms with Crippen molar-refractivity contribution in [1.82, 2.24) is 4.90 Å². The second kappa shape index (κ2) is 12.0. The Bertz CT molecular complexity index is 262. The lowest BCUT2D eigenvalue weighted by atomic mass is 10.0. The van der Waals surface area contributed by atoms with Crippen molar-refractivity contribution in [1.29, 1.82) is 0 Å². The molecule has 1 unspecified atom stereocenters. The Morgan fingerprint density at radius 2 is 1.57 bits per heavy atom. The van der Waals surface area contributed by atoms with Gasteiger partial charge in [0.05, 0.1) is 6.61 Å². The molecule has 1 atom stereocenters. The van der Waals surface area contributed by atoms with E-state index < -0.39 is 0 Å². The SMILES string of the molecule is CCCCCCCCCC(C(=O)OCC)N1CCCCC1. The predicted octanol–water partition coefficient (Wildman–Crippen LogP) is 4.54. The van der Waals surface area contributed by atoms with Gasteiger partial charge in [0.1, 0.15) is 6.04 Å². The number of carbonyl (C=O) groups is 1. The number of piperidine rings is 1. The van der Waals surface area contributed by atoms with Gasteiger partial charge in [0.15, 0.2) is 0 Å². The zero-order valence-electron chi connectivity index (χ0n) is 14.2. The zero-order chi connectivity index (χ0) is 15.3. The van der Waals surface area contributed by atoms with Gasteiger partial charge in [-0.05, 0) is 39.3 Å². The van der Waals surface area contributed by atoms with E-state index in [1.165, 1.54) is 57.8 Å². The van der Waals surface area contributed by atoms with Crippen LogP contribution in [0.2, 0.25) is 0 Å². The van der Waals surface area contributed by atoms with Crippen molar-refractivity contribution in [3.63, 3.8) is 0 Å². The summed E-state index contributed by atoms with van der Waals surface area (Å²) in [6.45, 7) is 6.79. The van der Waals surface area contributed by atoms with Crippen LogP contribution in [-0.2, 0) is 9.53 Å². The van der Waals surface area contributed by atoms with Crippen molar-refractivity contribution in [2.75, 3.05) is 19.7 Å². The first-order valence-corrected chi connectivity index (χ1v) is 9.20. The van der Waals surface area contributed by atoms with Crippen molar-refractivity contribution < 1.29 is 9.53 Å². The minimum Gasteiger partial charge on any atom is -0.465 e. The van der Waals surface area contributed by atoms with Crippen LogP contribution in [0.15, 0.2) is 0 Å². The minimum atomic E-state index is 0.00498. The van der Waals surface area contributed by atoms with Crippen molar-refractivity contribution in [3.8, 4) is 0 Å². The van der Waals surface area contributed by atoms with Crippen LogP contribution in [0.3, 0.4) is 0 Å². The highest BCUT2D eigenvalue weighted by Gasteiger charge is 2.27. The van der Waals surface area contributed by atoms with Gasteiger partial charge in [-0.25, -0.2) is 0 Å². The van der Waals surface area contributed by atoms with Crippen molar-refractivity contribution in [3.05, 3.63) is 0 Å². The molecule has 0 bridgehead atoms. The maximum absolute atomic E-state index is 12.2. The number of carbonyl (C=O) groups excluding carboxylic acids is 1. The van der Waals surface area contributed by atoms with E-state index in [2.05, 4.69) is 11.8 Å². The Hall–Kier alpha value is -0.570. The Labute approximate surface area is 131 Å². The summed E-state index contributed by atoms with van der Waals surface area (Å²) in [5.41, 5.74) is 0. The first-order chi connectivity index (χ1) is 10.3. The molecule has 0 spiro atoms. The van der Waals surface area contributed by atoms with Crippen LogP contribution in [0.5, 0.6) is 0 Å². The first-order valence-electron chi connectivity index (χ1n) is 9.20. The lowest BCUT2D eigenvalue weighted by molar-refractivity contribution is -0.150. The third-order valence-corrected chi connectivity index (χ3v) is 4.47. The molecular formula is C18H35NO2. The van der Waals surface area contributed by atoms with E-state index in [0.29, 0.717) is 6.61 Å². The fourth-order valence-corrected chi connectivity index (χ4v) is 3.21. The van der Waals surface area contributed by atoms with Gasteiger partial charge in [0.25, 0.3) is 0 Å². The van der Waals surface area contributed by atoms with Crippen LogP contribution in [0, 0.1) is 0 Å². The monoisotopic (exact) mass is 297 g/mol. The number of nitrogens with zero attached hydrogens (tertiary/aromatic N) is 1. The molecule has 124 valence electrons. The summed E-state index contributed by atoms with van der Waals surface area (Å²) < 4.78 is 5.29. The highest BCUT2D eigenvalue weighted by Crippen LogP contribution is 2.18. The van der Waals surface area contributed by atoms with Gasteiger partial charge in [0.2, 0.25) is 0 Å². The second-order valence-corrected chi connectivity index (χ2v) is 6.27. The fourth-order valence-electron chi connectivity index (χ4n) is 3.21. The molecule has 1 saturated heterocycles. The quantitative estimate of drug-likeness (QED) is 0.414. The normalized spacial score (nSPS) is 17.6. The second-order valence-electron chi connectivity index (χ2n) is 6.27. The highest BCUT2D eigenvalue weighted by molar-refractivity contribution is 5.75. The standard InChI is InChI=1S/C18H35NO2/c1-3-5-6-7-8-9-11-14-17(18(20)21-4-2)19-15-12-10-13-16-19/h17H,3-16H2,1-2H3. The number of rotatable bonds is 11. The van der Waals surface area contributed by atoms with Gasteiger partial charge in [-0.2, -0.15) is 0 Å². The predicted molar refractivity (Wildman–Crippen MR) is 88.5 cm³/mol. The number of hydrogen-bond acceptors (Lipinski definition) is 3. The summed E-state index contributed by atoms with van der Waals surface area (Å²) in [5.74, 6) is 0.00498. The highest BCUT2D eigenvalue weighted by atomic mass is 16.5. The summed E-state index contributed by atoms with van der Waals surface area (Å²) in [6.07, 6.45) is 13.9. The molecule has 1 heterocycles. The number of hydrogen-bond donors (Lipinski definition) is 0. The third-order valence-electron chi connectivity index (χ3n) is 4.47. The topological polar surface area (TPSA) is 29.5 Å². The molecule has 1 rings (SSSR count). The van der Waals surface area contributed by atoms with Crippen LogP contribution >= 0.6 is 0 Å². The van der Waals surface area contributed by atoms with Gasteiger partial charge in [0, 0.05) is 0 Å². The number of likely N-dealkylation sites (tertiary alicyclic amines) is 1. The van der Waals surface area contributed by atoms with Crippen LogP contribution < -0.4 is 0 Å². The average Bonchev–Trinajstić information content (AvgIpc) is 2.51. The number of unbranched alkanes of at least 4 members (excludes halogenated alkanes) is 6. The third kappa shape index (κ3) is 7.85. The van der Waals surface area contributed by atoms with Crippen LogP contribution in [0.1, 0.15) is 84.5 Å². The maximum atomic E-state index is 12.2. The largest absolute Gasteiger partial charge is 0.465 e. The molecule has 0 aromatic carbocycles. The number of esters is 1. The fraction of sp³-hybridized carbons (Fsp3) is 0.944. The van der Waals surface area contributed by atoms with E-state index in [9.17, 15) is 4.79 Å². The molecule has 0 aromatic rings. The maximum Gasteiger partial charge on any atom is 0.323 e. The molecule has 0 N–H and O–H groups in total. The molecule has 1 aliphatic rings. The van der Waals surface area contributed by atoms with Gasteiger partial charge in [-0.3, -0.25) is 9.69 Å². The Kier molecular flexibility index (Phi) is 10.6. The van der Waals surface area contributed by atoms with Crippen molar-refractivity contribution in [2.45, 2.75) is 90.5 Å². The molecular weight excluding hydrogens is 262 g/mol. The molecule has 0 radical (unpaired) electrons. The Morgan fingerprint density at radius 1 is 0.952 bits per heavy atom. The summed E-state index contributed by atoms with van der Waals surface area (Å²) in [7, 11) is 0.